The molecule has 4 nitrogen and oxygen atoms in total. The number of rotatable bonds is 4. The molecule has 0 spiro atoms. The molecule has 2 heterocycles. The Bertz CT molecular complexity index is 559. The molecule has 0 radical (unpaired) electrons. The van der Waals surface area contributed by atoms with E-state index < -0.39 is 29.1 Å². The van der Waals surface area contributed by atoms with Crippen LogP contribution < -0.4 is 5.32 Å². The molecule has 2 unspecified atom stereocenters. The standard InChI is InChI=1S/C15H20ClNO3Te/c1-9-11(7-8-16)12-15(21(9)20,14(19)17-12)13(18)10-5-3-2-4-6-10/h3,5,10,12-13,18H,2,4,6-8H2,1H3,(H,17,19)/t10-,12?,13+,15?/m1/s1. The Hall–Kier alpha value is -0.210. The van der Waals surface area contributed by atoms with Gasteiger partial charge in [0.2, 0.25) is 0 Å². The number of amides is 1. The Labute approximate surface area is 136 Å². The van der Waals surface area contributed by atoms with E-state index in [1.54, 1.807) is 0 Å². The van der Waals surface area contributed by atoms with Gasteiger partial charge in [-0.3, -0.25) is 0 Å². The molecule has 0 aromatic carbocycles. The van der Waals surface area contributed by atoms with Crippen LogP contribution in [0.25, 0.3) is 0 Å². The number of aliphatic hydroxyl groups excluding tert-OH is 1. The monoisotopic (exact) mass is 427 g/mol. The SMILES string of the molecule is CC1=C(CCCl)C2NC(=O)C2([C@@H](O)[C@@H]2C=CCCC2)[Te]1=O. The van der Waals surface area contributed by atoms with Crippen LogP contribution in [-0.4, -0.2) is 48.6 Å². The average molecular weight is 425 g/mol. The van der Waals surface area contributed by atoms with Gasteiger partial charge in [0, 0.05) is 0 Å². The molecule has 3 rings (SSSR count). The number of allylic oxidation sites excluding steroid dienone is 2. The average Bonchev–Trinajstić information content (AvgIpc) is 2.66. The number of halogens is 1. The van der Waals surface area contributed by atoms with Crippen LogP contribution in [-0.2, 0) is 7.90 Å². The Balaban J connectivity index is 1.96. The van der Waals surface area contributed by atoms with Gasteiger partial charge in [-0.15, -0.1) is 0 Å². The number of hydrogen-bond acceptors (Lipinski definition) is 3. The van der Waals surface area contributed by atoms with Crippen molar-refractivity contribution in [2.75, 3.05) is 5.88 Å². The number of alkyl halides is 1. The van der Waals surface area contributed by atoms with Crippen LogP contribution in [0.3, 0.4) is 0 Å². The van der Waals surface area contributed by atoms with Gasteiger partial charge < -0.3 is 0 Å². The second kappa shape index (κ2) is 5.77. The number of β-lactam (4-membered cyclic amide) rings is 1. The van der Waals surface area contributed by atoms with Gasteiger partial charge in [-0.1, -0.05) is 0 Å². The van der Waals surface area contributed by atoms with E-state index in [1.165, 1.54) is 0 Å². The third kappa shape index (κ3) is 2.09. The minimum atomic E-state index is -3.10. The van der Waals surface area contributed by atoms with Crippen molar-refractivity contribution in [3.05, 3.63) is 21.3 Å². The van der Waals surface area contributed by atoms with Gasteiger partial charge in [-0.25, -0.2) is 0 Å². The summed E-state index contributed by atoms with van der Waals surface area (Å²) in [5.41, 5.74) is 0.995. The predicted molar refractivity (Wildman–Crippen MR) is 81.6 cm³/mol. The molecule has 1 amide bonds. The summed E-state index contributed by atoms with van der Waals surface area (Å²) >= 11 is 2.74. The zero-order valence-corrected chi connectivity index (χ0v) is 15.1. The van der Waals surface area contributed by atoms with Crippen molar-refractivity contribution in [1.29, 1.82) is 0 Å². The summed E-state index contributed by atoms with van der Waals surface area (Å²) in [6.07, 6.45) is 6.72. The van der Waals surface area contributed by atoms with Crippen LogP contribution in [0.1, 0.15) is 32.6 Å². The van der Waals surface area contributed by atoms with Gasteiger partial charge >= 0.3 is 137 Å². The maximum atomic E-state index is 13.0. The first-order valence-corrected chi connectivity index (χ1v) is 11.2. The van der Waals surface area contributed by atoms with Gasteiger partial charge in [0.1, 0.15) is 0 Å². The van der Waals surface area contributed by atoms with Gasteiger partial charge in [0.05, 0.1) is 0 Å². The molecule has 3 aliphatic rings. The van der Waals surface area contributed by atoms with Crippen molar-refractivity contribution in [3.63, 3.8) is 0 Å². The number of carbonyl (C=O) groups is 1. The number of nitrogens with one attached hydrogen (secondary N) is 1. The Morgan fingerprint density at radius 1 is 1.62 bits per heavy atom. The molecular formula is C15H20ClNO3Te. The molecule has 2 aliphatic heterocycles. The normalized spacial score (nSPS) is 37.2. The fourth-order valence-electron chi connectivity index (χ4n) is 3.77. The Morgan fingerprint density at radius 2 is 2.38 bits per heavy atom. The Kier molecular flexibility index (Phi) is 4.31. The van der Waals surface area contributed by atoms with E-state index in [0.29, 0.717) is 12.3 Å². The number of carbonyl (C=O) groups excluding carboxylic acids is 1. The van der Waals surface area contributed by atoms with E-state index in [2.05, 4.69) is 11.4 Å². The molecule has 0 saturated carbocycles. The van der Waals surface area contributed by atoms with E-state index in [9.17, 15) is 13.0 Å². The fourth-order valence-corrected chi connectivity index (χ4v) is 9.69. The van der Waals surface area contributed by atoms with Gasteiger partial charge in [0.25, 0.3) is 0 Å². The fraction of sp³-hybridized carbons (Fsp3) is 0.667. The van der Waals surface area contributed by atoms with E-state index in [1.807, 2.05) is 13.0 Å². The number of fused-ring (bicyclic) bond motifs is 1. The topological polar surface area (TPSA) is 66.4 Å². The van der Waals surface area contributed by atoms with Crippen LogP contribution in [0.2, 0.25) is 3.46 Å². The quantitative estimate of drug-likeness (QED) is 0.313. The maximum absolute atomic E-state index is 13.0. The summed E-state index contributed by atoms with van der Waals surface area (Å²) in [7, 11) is 0. The second-order valence-electron chi connectivity index (χ2n) is 5.96. The van der Waals surface area contributed by atoms with Crippen LogP contribution in [0.4, 0.5) is 0 Å². The molecule has 116 valence electrons. The molecule has 1 aliphatic carbocycles. The first kappa shape index (κ1) is 15.7. The number of hydrogen-bond donors (Lipinski definition) is 2. The van der Waals surface area contributed by atoms with Gasteiger partial charge in [0.15, 0.2) is 0 Å². The van der Waals surface area contributed by atoms with Crippen molar-refractivity contribution in [2.45, 2.75) is 48.2 Å². The van der Waals surface area contributed by atoms with E-state index in [4.69, 9.17) is 11.6 Å². The van der Waals surface area contributed by atoms with Crippen LogP contribution >= 0.6 is 11.6 Å². The first-order valence-electron chi connectivity index (χ1n) is 7.38. The predicted octanol–water partition coefficient (Wildman–Crippen LogP) is 1.86. The summed E-state index contributed by atoms with van der Waals surface area (Å²) in [4.78, 5) is 12.3. The first-order chi connectivity index (χ1) is 10.0. The van der Waals surface area contributed by atoms with Gasteiger partial charge in [-0.2, -0.15) is 0 Å². The zero-order chi connectivity index (χ0) is 15.2. The van der Waals surface area contributed by atoms with Crippen molar-refractivity contribution in [2.24, 2.45) is 5.92 Å². The van der Waals surface area contributed by atoms with Crippen molar-refractivity contribution >= 4 is 37.0 Å². The van der Waals surface area contributed by atoms with Crippen molar-refractivity contribution in [3.8, 4) is 0 Å². The summed E-state index contributed by atoms with van der Waals surface area (Å²) < 4.78 is 12.8. The second-order valence-corrected chi connectivity index (χ2v) is 11.5. The molecule has 1 fully saturated rings. The molecular weight excluding hydrogens is 405 g/mol. The molecule has 0 aromatic rings. The minimum absolute atomic E-state index is 0.0622. The molecule has 21 heavy (non-hydrogen) atoms. The van der Waals surface area contributed by atoms with E-state index in [-0.39, 0.29) is 17.9 Å². The molecule has 0 aromatic heterocycles. The van der Waals surface area contributed by atoms with Crippen molar-refractivity contribution < 1.29 is 13.0 Å². The number of aliphatic hydroxyl groups is 1. The molecule has 1 saturated heterocycles. The van der Waals surface area contributed by atoms with Gasteiger partial charge in [-0.05, 0) is 0 Å². The molecule has 2 N–H and O–H groups in total. The summed E-state index contributed by atoms with van der Waals surface area (Å²) in [5, 5.41) is 13.7. The Morgan fingerprint density at radius 3 is 2.95 bits per heavy atom. The molecule has 4 atom stereocenters. The molecule has 6 heteroatoms. The van der Waals surface area contributed by atoms with Crippen LogP contribution in [0.5, 0.6) is 0 Å². The summed E-state index contributed by atoms with van der Waals surface area (Å²) in [5.74, 6) is 0.156. The molecule has 0 bridgehead atoms. The van der Waals surface area contributed by atoms with Crippen LogP contribution in [0, 0.1) is 5.92 Å². The third-order valence-electron chi connectivity index (χ3n) is 4.95. The van der Waals surface area contributed by atoms with E-state index >= 15 is 0 Å². The zero-order valence-electron chi connectivity index (χ0n) is 12.0. The third-order valence-corrected chi connectivity index (χ3v) is 11.1. The van der Waals surface area contributed by atoms with Crippen molar-refractivity contribution in [1.82, 2.24) is 5.32 Å². The van der Waals surface area contributed by atoms with Crippen LogP contribution in [0.15, 0.2) is 21.3 Å². The summed E-state index contributed by atoms with van der Waals surface area (Å²) in [6.45, 7) is 1.85. The summed E-state index contributed by atoms with van der Waals surface area (Å²) in [6, 6.07) is -0.261. The van der Waals surface area contributed by atoms with E-state index in [0.717, 1.165) is 28.5 Å².